The second-order valence-corrected chi connectivity index (χ2v) is 6.46. The van der Waals surface area contributed by atoms with E-state index in [4.69, 9.17) is 4.74 Å². The molecule has 1 saturated heterocycles. The molecule has 1 fully saturated rings. The van der Waals surface area contributed by atoms with Gasteiger partial charge in [-0.3, -0.25) is 4.79 Å². The summed E-state index contributed by atoms with van der Waals surface area (Å²) in [5, 5.41) is 3.58. The summed E-state index contributed by atoms with van der Waals surface area (Å²) in [6.45, 7) is 8.58. The Kier molecular flexibility index (Phi) is 7.08. The molecule has 0 spiro atoms. The maximum atomic E-state index is 11.7. The van der Waals surface area contributed by atoms with E-state index in [1.54, 1.807) is 0 Å². The van der Waals surface area contributed by atoms with Gasteiger partial charge in [-0.05, 0) is 51.0 Å². The molecule has 1 aliphatic rings. The minimum atomic E-state index is -0.0936. The summed E-state index contributed by atoms with van der Waals surface area (Å²) in [4.78, 5) is 11.7. The predicted molar refractivity (Wildman–Crippen MR) is 77.9 cm³/mol. The molecule has 1 heterocycles. The lowest BCUT2D eigenvalue weighted by Crippen LogP contribution is -2.45. The van der Waals surface area contributed by atoms with Crippen molar-refractivity contribution in [1.29, 1.82) is 0 Å². The molecule has 4 heteroatoms. The Bertz CT molecular complexity index is 254. The van der Waals surface area contributed by atoms with Crippen LogP contribution < -0.4 is 5.32 Å². The number of nitrogens with one attached hydrogen (secondary N) is 1. The summed E-state index contributed by atoms with van der Waals surface area (Å²) in [5.74, 6) is 3.13. The van der Waals surface area contributed by atoms with Crippen LogP contribution in [0.4, 0.5) is 0 Å². The second kappa shape index (κ2) is 8.05. The van der Waals surface area contributed by atoms with E-state index in [1.807, 2.05) is 13.8 Å². The van der Waals surface area contributed by atoms with Crippen molar-refractivity contribution >= 4 is 17.7 Å². The Labute approximate surface area is 115 Å². The van der Waals surface area contributed by atoms with E-state index >= 15 is 0 Å². The van der Waals surface area contributed by atoms with E-state index in [-0.39, 0.29) is 17.9 Å². The fourth-order valence-electron chi connectivity index (χ4n) is 2.39. The SMILES string of the molecule is CCOC(=O)[C@H](C)[C@@H](C)N[C@@H](C)C1CCSCC1. The van der Waals surface area contributed by atoms with Gasteiger partial charge in [0.1, 0.15) is 0 Å². The third kappa shape index (κ3) is 4.81. The molecular formula is C14H27NO2S. The number of ether oxygens (including phenoxy) is 1. The van der Waals surface area contributed by atoms with Crippen LogP contribution >= 0.6 is 11.8 Å². The molecule has 3 nitrogen and oxygen atoms in total. The second-order valence-electron chi connectivity index (χ2n) is 5.23. The van der Waals surface area contributed by atoms with E-state index in [2.05, 4.69) is 30.9 Å². The van der Waals surface area contributed by atoms with Crippen molar-refractivity contribution in [3.8, 4) is 0 Å². The molecule has 106 valence electrons. The van der Waals surface area contributed by atoms with Crippen LogP contribution in [0.25, 0.3) is 0 Å². The molecule has 0 unspecified atom stereocenters. The molecule has 0 radical (unpaired) electrons. The topological polar surface area (TPSA) is 38.3 Å². The summed E-state index contributed by atoms with van der Waals surface area (Å²) >= 11 is 2.05. The van der Waals surface area contributed by atoms with Gasteiger partial charge in [0.25, 0.3) is 0 Å². The van der Waals surface area contributed by atoms with Gasteiger partial charge >= 0.3 is 5.97 Å². The van der Waals surface area contributed by atoms with Crippen LogP contribution in [0.15, 0.2) is 0 Å². The van der Waals surface area contributed by atoms with Gasteiger partial charge in [-0.25, -0.2) is 0 Å². The number of carbonyl (C=O) groups is 1. The summed E-state index contributed by atoms with van der Waals surface area (Å²) < 4.78 is 5.07. The number of rotatable bonds is 6. The van der Waals surface area contributed by atoms with Gasteiger partial charge in [-0.15, -0.1) is 0 Å². The third-order valence-electron chi connectivity index (χ3n) is 3.91. The van der Waals surface area contributed by atoms with E-state index < -0.39 is 0 Å². The minimum Gasteiger partial charge on any atom is -0.466 e. The van der Waals surface area contributed by atoms with Crippen LogP contribution in [-0.4, -0.2) is 36.2 Å². The first-order valence-electron chi connectivity index (χ1n) is 7.06. The number of hydrogen-bond acceptors (Lipinski definition) is 4. The highest BCUT2D eigenvalue weighted by atomic mass is 32.2. The standard InChI is InChI=1S/C14H27NO2S/c1-5-17-14(16)10(2)11(3)15-12(4)13-6-8-18-9-7-13/h10-13,15H,5-9H2,1-4H3/t10-,11-,12+/m1/s1. The summed E-state index contributed by atoms with van der Waals surface area (Å²) in [6.07, 6.45) is 2.58. The molecule has 0 aromatic heterocycles. The van der Waals surface area contributed by atoms with Crippen molar-refractivity contribution in [2.24, 2.45) is 11.8 Å². The van der Waals surface area contributed by atoms with E-state index in [0.29, 0.717) is 12.6 Å². The van der Waals surface area contributed by atoms with Gasteiger partial charge < -0.3 is 10.1 Å². The lowest BCUT2D eigenvalue weighted by Gasteiger charge is -2.31. The van der Waals surface area contributed by atoms with Gasteiger partial charge in [0.2, 0.25) is 0 Å². The number of esters is 1. The third-order valence-corrected chi connectivity index (χ3v) is 4.96. The molecule has 0 aromatic carbocycles. The fourth-order valence-corrected chi connectivity index (χ4v) is 3.53. The fraction of sp³-hybridized carbons (Fsp3) is 0.929. The first kappa shape index (κ1) is 15.8. The van der Waals surface area contributed by atoms with Gasteiger partial charge in [0.05, 0.1) is 12.5 Å². The van der Waals surface area contributed by atoms with E-state index in [0.717, 1.165) is 5.92 Å². The molecule has 1 rings (SSSR count). The van der Waals surface area contributed by atoms with Crippen LogP contribution in [0, 0.1) is 11.8 Å². The normalized spacial score (nSPS) is 22.2. The Hall–Kier alpha value is -0.220. The Morgan fingerprint density at radius 1 is 1.33 bits per heavy atom. The number of carbonyl (C=O) groups excluding carboxylic acids is 1. The van der Waals surface area contributed by atoms with Crippen molar-refractivity contribution < 1.29 is 9.53 Å². The zero-order chi connectivity index (χ0) is 13.5. The molecule has 0 amide bonds. The maximum Gasteiger partial charge on any atom is 0.310 e. The van der Waals surface area contributed by atoms with Crippen LogP contribution in [0.1, 0.15) is 40.5 Å². The van der Waals surface area contributed by atoms with Crippen LogP contribution in [-0.2, 0) is 9.53 Å². The summed E-state index contributed by atoms with van der Waals surface area (Å²) in [7, 11) is 0. The van der Waals surface area contributed by atoms with Gasteiger partial charge in [0.15, 0.2) is 0 Å². The first-order valence-corrected chi connectivity index (χ1v) is 8.22. The minimum absolute atomic E-state index is 0.0784. The molecule has 0 aliphatic carbocycles. The van der Waals surface area contributed by atoms with E-state index in [9.17, 15) is 4.79 Å². The van der Waals surface area contributed by atoms with Gasteiger partial charge in [-0.2, -0.15) is 11.8 Å². The maximum absolute atomic E-state index is 11.7. The Morgan fingerprint density at radius 3 is 2.50 bits per heavy atom. The average Bonchev–Trinajstić information content (AvgIpc) is 2.39. The zero-order valence-corrected chi connectivity index (χ0v) is 12.9. The number of thioether (sulfide) groups is 1. The molecule has 0 aromatic rings. The average molecular weight is 273 g/mol. The van der Waals surface area contributed by atoms with Crippen LogP contribution in [0.3, 0.4) is 0 Å². The van der Waals surface area contributed by atoms with Crippen molar-refractivity contribution in [3.05, 3.63) is 0 Å². The number of hydrogen-bond donors (Lipinski definition) is 1. The van der Waals surface area contributed by atoms with E-state index in [1.165, 1.54) is 24.3 Å². The zero-order valence-electron chi connectivity index (χ0n) is 12.1. The highest BCUT2D eigenvalue weighted by Crippen LogP contribution is 2.25. The lowest BCUT2D eigenvalue weighted by atomic mass is 9.93. The van der Waals surface area contributed by atoms with Crippen molar-refractivity contribution in [2.75, 3.05) is 18.1 Å². The van der Waals surface area contributed by atoms with Crippen molar-refractivity contribution in [1.82, 2.24) is 5.32 Å². The molecule has 1 aliphatic heterocycles. The van der Waals surface area contributed by atoms with Crippen LogP contribution in [0.2, 0.25) is 0 Å². The largest absolute Gasteiger partial charge is 0.466 e. The monoisotopic (exact) mass is 273 g/mol. The smallest absolute Gasteiger partial charge is 0.310 e. The highest BCUT2D eigenvalue weighted by Gasteiger charge is 2.26. The van der Waals surface area contributed by atoms with Crippen molar-refractivity contribution in [2.45, 2.75) is 52.6 Å². The molecule has 3 atom stereocenters. The summed E-state index contributed by atoms with van der Waals surface area (Å²) in [5.41, 5.74) is 0. The molecule has 18 heavy (non-hydrogen) atoms. The molecular weight excluding hydrogens is 246 g/mol. The van der Waals surface area contributed by atoms with Gasteiger partial charge in [-0.1, -0.05) is 6.92 Å². The first-order chi connectivity index (χ1) is 8.56. The molecule has 1 N–H and O–H groups in total. The van der Waals surface area contributed by atoms with Crippen molar-refractivity contribution in [3.63, 3.8) is 0 Å². The van der Waals surface area contributed by atoms with Crippen LogP contribution in [0.5, 0.6) is 0 Å². The molecule has 0 saturated carbocycles. The lowest BCUT2D eigenvalue weighted by molar-refractivity contribution is -0.148. The quantitative estimate of drug-likeness (QED) is 0.755. The van der Waals surface area contributed by atoms with Gasteiger partial charge in [0, 0.05) is 12.1 Å². The molecule has 0 bridgehead atoms. The Morgan fingerprint density at radius 2 is 1.94 bits per heavy atom. The highest BCUT2D eigenvalue weighted by molar-refractivity contribution is 7.99. The summed E-state index contributed by atoms with van der Waals surface area (Å²) in [6, 6.07) is 0.659. The Balaban J connectivity index is 2.37. The predicted octanol–water partition coefficient (Wildman–Crippen LogP) is 2.70.